The van der Waals surface area contributed by atoms with Crippen molar-refractivity contribution in [2.75, 3.05) is 17.7 Å². The highest BCUT2D eigenvalue weighted by atomic mass is 79.9. The molecule has 3 aromatic rings. The van der Waals surface area contributed by atoms with Crippen molar-refractivity contribution in [2.45, 2.75) is 13.0 Å². The summed E-state index contributed by atoms with van der Waals surface area (Å²) >= 11 is 3.37. The number of hydrogen-bond donors (Lipinski definition) is 2. The van der Waals surface area contributed by atoms with E-state index in [1.807, 2.05) is 0 Å². The average molecular weight is 443 g/mol. The Morgan fingerprint density at radius 3 is 2.54 bits per heavy atom. The van der Waals surface area contributed by atoms with Crippen molar-refractivity contribution >= 4 is 39.1 Å². The summed E-state index contributed by atoms with van der Waals surface area (Å²) < 4.78 is 7.40. The van der Waals surface area contributed by atoms with Crippen molar-refractivity contribution in [1.82, 2.24) is 9.78 Å². The molecule has 0 aliphatic rings. The maximum atomic E-state index is 12.6. The number of nitrogens with zero attached hydrogens (tertiary/aromatic N) is 2. The fourth-order valence-corrected chi connectivity index (χ4v) is 2.98. The molecule has 0 bridgehead atoms. The Kier molecular flexibility index (Phi) is 6.10. The molecule has 7 nitrogen and oxygen atoms in total. The number of rotatable bonds is 6. The molecule has 2 aromatic carbocycles. The third-order valence-corrected chi connectivity index (χ3v) is 4.80. The molecule has 0 fully saturated rings. The summed E-state index contributed by atoms with van der Waals surface area (Å²) in [5.41, 5.74) is 1.58. The maximum Gasteiger partial charge on any atom is 0.256 e. The zero-order chi connectivity index (χ0) is 20.1. The smallest absolute Gasteiger partial charge is 0.256 e. The van der Waals surface area contributed by atoms with Crippen molar-refractivity contribution in [2.24, 2.45) is 0 Å². The summed E-state index contributed by atoms with van der Waals surface area (Å²) in [5, 5.41) is 9.74. The molecule has 2 N–H and O–H groups in total. The highest BCUT2D eigenvalue weighted by molar-refractivity contribution is 9.10. The second kappa shape index (κ2) is 8.71. The van der Waals surface area contributed by atoms with Gasteiger partial charge in [0.15, 0.2) is 0 Å². The molecule has 1 atom stereocenters. The first-order valence-electron chi connectivity index (χ1n) is 8.53. The van der Waals surface area contributed by atoms with Gasteiger partial charge in [0.25, 0.3) is 5.91 Å². The lowest BCUT2D eigenvalue weighted by atomic mass is 10.2. The molecule has 8 heteroatoms. The van der Waals surface area contributed by atoms with Crippen LogP contribution in [0.15, 0.2) is 65.4 Å². The fourth-order valence-electron chi connectivity index (χ4n) is 2.56. The highest BCUT2D eigenvalue weighted by Crippen LogP contribution is 2.24. The minimum Gasteiger partial charge on any atom is -0.497 e. The number of aromatic nitrogens is 2. The molecule has 0 spiro atoms. The lowest BCUT2D eigenvalue weighted by molar-refractivity contribution is -0.119. The van der Waals surface area contributed by atoms with Gasteiger partial charge in [-0.3, -0.25) is 14.3 Å². The van der Waals surface area contributed by atoms with Gasteiger partial charge in [0, 0.05) is 28.2 Å². The molecule has 28 heavy (non-hydrogen) atoms. The zero-order valence-corrected chi connectivity index (χ0v) is 16.9. The number of anilines is 2. The van der Waals surface area contributed by atoms with Crippen LogP contribution in [-0.4, -0.2) is 28.7 Å². The van der Waals surface area contributed by atoms with Crippen molar-refractivity contribution < 1.29 is 14.3 Å². The van der Waals surface area contributed by atoms with Crippen molar-refractivity contribution in [3.8, 4) is 5.75 Å². The number of ether oxygens (including phenoxy) is 1. The molecule has 0 saturated carbocycles. The van der Waals surface area contributed by atoms with E-state index in [9.17, 15) is 9.59 Å². The minimum absolute atomic E-state index is 0.206. The summed E-state index contributed by atoms with van der Waals surface area (Å²) in [5.74, 6) is 0.0869. The van der Waals surface area contributed by atoms with Gasteiger partial charge in [-0.1, -0.05) is 6.07 Å². The van der Waals surface area contributed by atoms with E-state index < -0.39 is 6.04 Å². The molecule has 3 rings (SSSR count). The average Bonchev–Trinajstić information content (AvgIpc) is 3.22. The standard InChI is InChI=1S/C20H19BrN4O3/c1-13(25-10-4-9-22-25)19(26)23-14-5-3-6-15(11-14)24-20(27)17-12-16(28-2)7-8-18(17)21/h3-13H,1-2H3,(H,23,26)(H,24,27). The van der Waals surface area contributed by atoms with Crippen LogP contribution in [0.4, 0.5) is 11.4 Å². The topological polar surface area (TPSA) is 85.3 Å². The monoisotopic (exact) mass is 442 g/mol. The third kappa shape index (κ3) is 4.58. The van der Waals surface area contributed by atoms with Gasteiger partial charge >= 0.3 is 0 Å². The molecule has 2 amide bonds. The second-order valence-corrected chi connectivity index (χ2v) is 6.89. The minimum atomic E-state index is -0.457. The van der Waals surface area contributed by atoms with E-state index >= 15 is 0 Å². The number of carbonyl (C=O) groups excluding carboxylic acids is 2. The molecule has 0 saturated heterocycles. The fraction of sp³-hybridized carbons (Fsp3) is 0.150. The SMILES string of the molecule is COc1ccc(Br)c(C(=O)Nc2cccc(NC(=O)C(C)n3cccn3)c2)c1. The first kappa shape index (κ1) is 19.6. The van der Waals surface area contributed by atoms with Crippen LogP contribution in [0.5, 0.6) is 5.75 Å². The van der Waals surface area contributed by atoms with Gasteiger partial charge in [-0.25, -0.2) is 0 Å². The highest BCUT2D eigenvalue weighted by Gasteiger charge is 2.16. The van der Waals surface area contributed by atoms with Crippen LogP contribution in [-0.2, 0) is 4.79 Å². The Morgan fingerprint density at radius 2 is 1.86 bits per heavy atom. The van der Waals surface area contributed by atoms with Crippen molar-refractivity contribution in [1.29, 1.82) is 0 Å². The molecule has 144 valence electrons. The number of hydrogen-bond acceptors (Lipinski definition) is 4. The Balaban J connectivity index is 1.71. The normalized spacial score (nSPS) is 11.5. The van der Waals surface area contributed by atoms with E-state index in [1.54, 1.807) is 79.6 Å². The Bertz CT molecular complexity index is 989. The Hall–Kier alpha value is -3.13. The van der Waals surface area contributed by atoms with Crippen LogP contribution >= 0.6 is 15.9 Å². The van der Waals surface area contributed by atoms with E-state index in [4.69, 9.17) is 4.74 Å². The lowest BCUT2D eigenvalue weighted by Crippen LogP contribution is -2.24. The van der Waals surface area contributed by atoms with Crippen LogP contribution < -0.4 is 15.4 Å². The number of methoxy groups -OCH3 is 1. The summed E-state index contributed by atoms with van der Waals surface area (Å²) in [6, 6.07) is 13.4. The van der Waals surface area contributed by atoms with Crippen LogP contribution in [0.25, 0.3) is 0 Å². The number of halogens is 1. The molecule has 0 radical (unpaired) electrons. The molecule has 0 aliphatic carbocycles. The Morgan fingerprint density at radius 1 is 1.11 bits per heavy atom. The number of nitrogens with one attached hydrogen (secondary N) is 2. The third-order valence-electron chi connectivity index (χ3n) is 4.11. The van der Waals surface area contributed by atoms with Crippen LogP contribution in [0.2, 0.25) is 0 Å². The lowest BCUT2D eigenvalue weighted by Gasteiger charge is -2.14. The predicted octanol–water partition coefficient (Wildman–Crippen LogP) is 4.11. The predicted molar refractivity (Wildman–Crippen MR) is 111 cm³/mol. The van der Waals surface area contributed by atoms with Crippen LogP contribution in [0, 0.1) is 0 Å². The van der Waals surface area contributed by atoms with Gasteiger partial charge in [-0.05, 0) is 65.3 Å². The summed E-state index contributed by atoms with van der Waals surface area (Å²) in [7, 11) is 1.54. The van der Waals surface area contributed by atoms with E-state index in [0.717, 1.165) is 0 Å². The largest absolute Gasteiger partial charge is 0.497 e. The number of carbonyl (C=O) groups is 2. The number of amides is 2. The first-order valence-corrected chi connectivity index (χ1v) is 9.32. The van der Waals surface area contributed by atoms with E-state index in [1.165, 1.54) is 0 Å². The number of benzene rings is 2. The van der Waals surface area contributed by atoms with Gasteiger partial charge in [-0.2, -0.15) is 5.10 Å². The molecule has 0 aliphatic heterocycles. The summed E-state index contributed by atoms with van der Waals surface area (Å²) in [4.78, 5) is 25.0. The summed E-state index contributed by atoms with van der Waals surface area (Å²) in [6.45, 7) is 1.76. The second-order valence-electron chi connectivity index (χ2n) is 6.03. The molecular weight excluding hydrogens is 424 g/mol. The van der Waals surface area contributed by atoms with Crippen LogP contribution in [0.3, 0.4) is 0 Å². The van der Waals surface area contributed by atoms with Crippen molar-refractivity contribution in [3.05, 3.63) is 71.0 Å². The Labute approximate surface area is 170 Å². The van der Waals surface area contributed by atoms with Gasteiger partial charge in [0.1, 0.15) is 11.8 Å². The van der Waals surface area contributed by atoms with Gasteiger partial charge < -0.3 is 15.4 Å². The van der Waals surface area contributed by atoms with Crippen molar-refractivity contribution in [3.63, 3.8) is 0 Å². The maximum absolute atomic E-state index is 12.6. The quantitative estimate of drug-likeness (QED) is 0.601. The molecule has 1 unspecified atom stereocenters. The van der Waals surface area contributed by atoms with E-state index in [-0.39, 0.29) is 11.8 Å². The zero-order valence-electron chi connectivity index (χ0n) is 15.3. The molecule has 1 aromatic heterocycles. The van der Waals surface area contributed by atoms with Crippen LogP contribution in [0.1, 0.15) is 23.3 Å². The van der Waals surface area contributed by atoms with E-state index in [2.05, 4.69) is 31.7 Å². The van der Waals surface area contributed by atoms with E-state index in [0.29, 0.717) is 27.2 Å². The molecule has 1 heterocycles. The summed E-state index contributed by atoms with van der Waals surface area (Å²) in [6.07, 6.45) is 3.35. The van der Waals surface area contributed by atoms with Gasteiger partial charge in [0.05, 0.1) is 12.7 Å². The molecular formula is C20H19BrN4O3. The van der Waals surface area contributed by atoms with Gasteiger partial charge in [-0.15, -0.1) is 0 Å². The first-order chi connectivity index (χ1) is 13.5. The van der Waals surface area contributed by atoms with Gasteiger partial charge in [0.2, 0.25) is 5.91 Å².